The molecule has 0 radical (unpaired) electrons. The molecule has 2 heterocycles. The molecule has 1 amide bonds. The van der Waals surface area contributed by atoms with Crippen LogP contribution in [0, 0.1) is 0 Å². The van der Waals surface area contributed by atoms with Crippen molar-refractivity contribution in [1.29, 1.82) is 0 Å². The molecule has 8 heteroatoms. The fourth-order valence-corrected chi connectivity index (χ4v) is 3.00. The Bertz CT molecular complexity index is 674. The van der Waals surface area contributed by atoms with Crippen LogP contribution in [0.1, 0.15) is 16.8 Å². The number of hydrogen-bond acceptors (Lipinski definition) is 6. The molecule has 0 aliphatic carbocycles. The van der Waals surface area contributed by atoms with Crippen LogP contribution >= 0.6 is 0 Å². The van der Waals surface area contributed by atoms with E-state index in [1.54, 1.807) is 11.1 Å². The van der Waals surface area contributed by atoms with Gasteiger partial charge in [0.25, 0.3) is 0 Å². The van der Waals surface area contributed by atoms with E-state index >= 15 is 0 Å². The number of carbonyl (C=O) groups is 1. The molecule has 8 nitrogen and oxygen atoms in total. The normalized spacial score (nSPS) is 19.0. The van der Waals surface area contributed by atoms with Crippen LogP contribution in [0.3, 0.4) is 0 Å². The number of nitrogens with zero attached hydrogens (tertiary/aromatic N) is 4. The van der Waals surface area contributed by atoms with E-state index < -0.39 is 6.10 Å². The van der Waals surface area contributed by atoms with Crippen molar-refractivity contribution in [2.75, 3.05) is 26.2 Å². The van der Waals surface area contributed by atoms with Crippen molar-refractivity contribution in [1.82, 2.24) is 25.2 Å². The number of amides is 1. The molecule has 2 aromatic rings. The van der Waals surface area contributed by atoms with Gasteiger partial charge in [0.2, 0.25) is 5.91 Å². The molecule has 1 aliphatic heterocycles. The second-order valence-corrected chi connectivity index (χ2v) is 6.34. The molecular formula is C17H23N5O3. The number of H-pyrrole nitrogens is 1. The molecule has 1 aromatic carbocycles. The third-order valence-electron chi connectivity index (χ3n) is 4.35. The molecule has 0 unspecified atom stereocenters. The first-order chi connectivity index (χ1) is 12.1. The Kier molecular flexibility index (Phi) is 5.75. The zero-order valence-electron chi connectivity index (χ0n) is 14.0. The summed E-state index contributed by atoms with van der Waals surface area (Å²) in [5.41, 5.74) is 2.54. The fraction of sp³-hybridized carbons (Fsp3) is 0.471. The first-order valence-corrected chi connectivity index (χ1v) is 8.35. The molecular weight excluding hydrogens is 322 g/mol. The van der Waals surface area contributed by atoms with Gasteiger partial charge in [0.05, 0.1) is 31.0 Å². The quantitative estimate of drug-likeness (QED) is 0.678. The van der Waals surface area contributed by atoms with Gasteiger partial charge in [-0.3, -0.25) is 9.69 Å². The molecule has 0 spiro atoms. The smallest absolute Gasteiger partial charge is 0.227 e. The summed E-state index contributed by atoms with van der Waals surface area (Å²) in [5.74, 6) is -0.000848. The predicted molar refractivity (Wildman–Crippen MR) is 90.3 cm³/mol. The van der Waals surface area contributed by atoms with Crippen molar-refractivity contribution in [3.63, 3.8) is 0 Å². The predicted octanol–water partition coefficient (Wildman–Crippen LogP) is -0.455. The van der Waals surface area contributed by atoms with Crippen LogP contribution in [0.15, 0.2) is 30.5 Å². The summed E-state index contributed by atoms with van der Waals surface area (Å²) in [6.07, 6.45) is 1.37. The van der Waals surface area contributed by atoms with Gasteiger partial charge in [-0.15, -0.1) is 0 Å². The number of aromatic nitrogens is 3. The van der Waals surface area contributed by atoms with Gasteiger partial charge < -0.3 is 15.1 Å². The van der Waals surface area contributed by atoms with Gasteiger partial charge in [0.1, 0.15) is 0 Å². The fourth-order valence-electron chi connectivity index (χ4n) is 3.00. The number of rotatable bonds is 5. The van der Waals surface area contributed by atoms with Gasteiger partial charge in [0, 0.05) is 32.7 Å². The highest BCUT2D eigenvalue weighted by molar-refractivity contribution is 5.78. The van der Waals surface area contributed by atoms with Crippen molar-refractivity contribution in [2.24, 2.45) is 0 Å². The van der Waals surface area contributed by atoms with E-state index in [1.807, 2.05) is 24.3 Å². The molecule has 1 fully saturated rings. The summed E-state index contributed by atoms with van der Waals surface area (Å²) < 4.78 is 0. The van der Waals surface area contributed by atoms with E-state index in [9.17, 15) is 9.90 Å². The van der Waals surface area contributed by atoms with Crippen molar-refractivity contribution in [3.05, 3.63) is 47.3 Å². The minimum absolute atomic E-state index is 0.000848. The highest BCUT2D eigenvalue weighted by Crippen LogP contribution is 2.11. The van der Waals surface area contributed by atoms with Gasteiger partial charge in [-0.05, 0) is 11.1 Å². The van der Waals surface area contributed by atoms with Crippen LogP contribution in [-0.4, -0.2) is 73.6 Å². The molecule has 1 atom stereocenters. The number of benzene rings is 1. The second-order valence-electron chi connectivity index (χ2n) is 6.34. The lowest BCUT2D eigenvalue weighted by atomic mass is 10.1. The Morgan fingerprint density at radius 3 is 2.64 bits per heavy atom. The number of aliphatic hydroxyl groups excluding tert-OH is 2. The van der Waals surface area contributed by atoms with Crippen molar-refractivity contribution in [3.8, 4) is 0 Å². The minimum atomic E-state index is -0.588. The highest BCUT2D eigenvalue weighted by atomic mass is 16.3. The van der Waals surface area contributed by atoms with Crippen LogP contribution in [-0.2, 0) is 24.4 Å². The molecule has 25 heavy (non-hydrogen) atoms. The molecule has 1 aliphatic rings. The third kappa shape index (κ3) is 4.85. The lowest BCUT2D eigenvalue weighted by molar-refractivity contribution is -0.131. The molecule has 134 valence electrons. The maximum atomic E-state index is 12.6. The summed E-state index contributed by atoms with van der Waals surface area (Å²) in [6.45, 7) is 2.68. The minimum Gasteiger partial charge on any atom is -0.392 e. The van der Waals surface area contributed by atoms with E-state index in [0.717, 1.165) is 16.8 Å². The van der Waals surface area contributed by atoms with E-state index in [0.29, 0.717) is 39.1 Å². The summed E-state index contributed by atoms with van der Waals surface area (Å²) in [4.78, 5) is 16.4. The number of nitrogens with one attached hydrogen (secondary N) is 1. The Labute approximate surface area is 146 Å². The Morgan fingerprint density at radius 2 is 1.96 bits per heavy atom. The van der Waals surface area contributed by atoms with E-state index in [-0.39, 0.29) is 12.5 Å². The SMILES string of the molecule is O=C(Cc1ccc(CO)cc1)N1CCN(Cc2cn[nH]n2)C[C@H](O)C1. The van der Waals surface area contributed by atoms with Crippen LogP contribution in [0.5, 0.6) is 0 Å². The topological polar surface area (TPSA) is 106 Å². The van der Waals surface area contributed by atoms with Crippen LogP contribution < -0.4 is 0 Å². The number of aliphatic hydroxyl groups is 2. The van der Waals surface area contributed by atoms with Gasteiger partial charge in [-0.1, -0.05) is 24.3 Å². The Morgan fingerprint density at radius 1 is 1.20 bits per heavy atom. The Hall–Kier alpha value is -2.29. The monoisotopic (exact) mass is 345 g/mol. The Balaban J connectivity index is 1.57. The van der Waals surface area contributed by atoms with Crippen molar-refractivity contribution in [2.45, 2.75) is 25.7 Å². The van der Waals surface area contributed by atoms with Gasteiger partial charge >= 0.3 is 0 Å². The van der Waals surface area contributed by atoms with Gasteiger partial charge in [-0.2, -0.15) is 15.4 Å². The molecule has 1 saturated heterocycles. The standard InChI is InChI=1S/C17H23N5O3/c23-12-14-3-1-13(2-4-14)7-17(25)22-6-5-21(10-16(24)11-22)9-15-8-18-20-19-15/h1-4,8,16,23-24H,5-7,9-12H2,(H,18,19,20)/t16-/m0/s1. The average Bonchev–Trinajstić information content (AvgIpc) is 3.04. The summed E-state index contributed by atoms with van der Waals surface area (Å²) >= 11 is 0. The van der Waals surface area contributed by atoms with Crippen LogP contribution in [0.2, 0.25) is 0 Å². The second kappa shape index (κ2) is 8.19. The first-order valence-electron chi connectivity index (χ1n) is 8.35. The molecule has 3 rings (SSSR count). The number of aromatic amines is 1. The zero-order valence-corrected chi connectivity index (χ0v) is 14.0. The maximum Gasteiger partial charge on any atom is 0.227 e. The summed E-state index contributed by atoms with van der Waals surface area (Å²) in [5, 5.41) is 29.7. The van der Waals surface area contributed by atoms with Crippen molar-refractivity contribution >= 4 is 5.91 Å². The van der Waals surface area contributed by atoms with Gasteiger partial charge in [-0.25, -0.2) is 0 Å². The number of β-amino-alcohol motifs (C(OH)–C–C–N with tert-alkyl or cyclic N) is 1. The largest absolute Gasteiger partial charge is 0.392 e. The van der Waals surface area contributed by atoms with Crippen LogP contribution in [0.4, 0.5) is 0 Å². The lowest BCUT2D eigenvalue weighted by Gasteiger charge is -2.22. The molecule has 3 N–H and O–H groups in total. The maximum absolute atomic E-state index is 12.6. The molecule has 1 aromatic heterocycles. The third-order valence-corrected chi connectivity index (χ3v) is 4.35. The van der Waals surface area contributed by atoms with Crippen molar-refractivity contribution < 1.29 is 15.0 Å². The summed E-state index contributed by atoms with van der Waals surface area (Å²) in [6, 6.07) is 7.35. The first kappa shape index (κ1) is 17.5. The highest BCUT2D eigenvalue weighted by Gasteiger charge is 2.24. The lowest BCUT2D eigenvalue weighted by Crippen LogP contribution is -2.38. The van der Waals surface area contributed by atoms with E-state index in [1.165, 1.54) is 0 Å². The zero-order chi connectivity index (χ0) is 17.6. The van der Waals surface area contributed by atoms with E-state index in [4.69, 9.17) is 5.11 Å². The molecule has 0 bridgehead atoms. The van der Waals surface area contributed by atoms with E-state index in [2.05, 4.69) is 20.3 Å². The number of hydrogen-bond donors (Lipinski definition) is 3. The molecule has 0 saturated carbocycles. The summed E-state index contributed by atoms with van der Waals surface area (Å²) in [7, 11) is 0. The average molecular weight is 345 g/mol. The number of carbonyl (C=O) groups excluding carboxylic acids is 1. The van der Waals surface area contributed by atoms with Gasteiger partial charge in [0.15, 0.2) is 0 Å². The van der Waals surface area contributed by atoms with Crippen LogP contribution in [0.25, 0.3) is 0 Å².